The molecule has 126 valence electrons. The average Bonchev–Trinajstić information content (AvgIpc) is 2.88. The number of fused-ring (bicyclic) bond motifs is 1. The predicted molar refractivity (Wildman–Crippen MR) is 94.4 cm³/mol. The van der Waals surface area contributed by atoms with Gasteiger partial charge in [0.1, 0.15) is 5.75 Å². The van der Waals surface area contributed by atoms with Crippen LogP contribution in [0.3, 0.4) is 0 Å². The van der Waals surface area contributed by atoms with Gasteiger partial charge < -0.3 is 14.4 Å². The number of aryl methyl sites for hydroxylation is 3. The van der Waals surface area contributed by atoms with Crippen molar-refractivity contribution in [3.05, 3.63) is 54.7 Å². The van der Waals surface area contributed by atoms with Crippen LogP contribution in [0.15, 0.2) is 33.9 Å². The molecule has 0 radical (unpaired) electrons. The summed E-state index contributed by atoms with van der Waals surface area (Å²) in [6.07, 6.45) is 2.17. The molecule has 6 nitrogen and oxygen atoms in total. The molecule has 0 saturated carbocycles. The van der Waals surface area contributed by atoms with Gasteiger partial charge in [0, 0.05) is 18.5 Å². The van der Waals surface area contributed by atoms with Crippen LogP contribution in [0.1, 0.15) is 16.9 Å². The number of rotatable bonds is 5. The number of H-pyrrole nitrogens is 1. The molecule has 3 aromatic rings. The monoisotopic (exact) mass is 346 g/mol. The summed E-state index contributed by atoms with van der Waals surface area (Å²) in [5.74, 6) is 0.627. The van der Waals surface area contributed by atoms with Crippen molar-refractivity contribution in [2.24, 2.45) is 7.05 Å². The molecule has 0 aliphatic heterocycles. The molecule has 1 aromatic carbocycles. The number of aromatic amines is 1. The number of nitrogens with one attached hydrogen (secondary N) is 1. The average molecular weight is 346 g/mol. The summed E-state index contributed by atoms with van der Waals surface area (Å²) in [6.45, 7) is 0. The molecule has 0 saturated heterocycles. The highest BCUT2D eigenvalue weighted by Gasteiger charge is 2.11. The van der Waals surface area contributed by atoms with Crippen LogP contribution in [0.2, 0.25) is 0 Å². The normalized spacial score (nSPS) is 11.1. The summed E-state index contributed by atoms with van der Waals surface area (Å²) < 4.78 is 6.97. The van der Waals surface area contributed by atoms with Crippen molar-refractivity contribution in [1.29, 1.82) is 0 Å². The molecule has 7 heteroatoms. The Bertz CT molecular complexity index is 1000. The number of aromatic hydroxyl groups is 1. The Kier molecular flexibility index (Phi) is 4.44. The maximum absolute atomic E-state index is 11.9. The van der Waals surface area contributed by atoms with Crippen LogP contribution >= 0.6 is 11.3 Å². The van der Waals surface area contributed by atoms with E-state index in [0.717, 1.165) is 40.6 Å². The molecule has 0 amide bonds. The van der Waals surface area contributed by atoms with Gasteiger partial charge in [-0.1, -0.05) is 17.4 Å². The van der Waals surface area contributed by atoms with Crippen LogP contribution in [0, 0.1) is 0 Å². The number of nitrogens with zero attached hydrogens (tertiary/aromatic N) is 1. The number of aromatic nitrogens is 2. The number of pyridine rings is 1. The van der Waals surface area contributed by atoms with E-state index >= 15 is 0 Å². The van der Waals surface area contributed by atoms with Gasteiger partial charge in [-0.15, -0.1) is 0 Å². The number of hydrogen-bond donors (Lipinski definition) is 2. The van der Waals surface area contributed by atoms with E-state index in [2.05, 4.69) is 4.98 Å². The molecule has 0 atom stereocenters. The Labute approximate surface area is 142 Å². The SMILES string of the molecule is COc1ccc(CCCc2sc(=O)[nH]c2O)c2ccc(=O)n(C)c12. The third kappa shape index (κ3) is 2.94. The van der Waals surface area contributed by atoms with Gasteiger partial charge in [0.05, 0.1) is 17.5 Å². The second-order valence-corrected chi connectivity index (χ2v) is 6.63. The number of methoxy groups -OCH3 is 1. The molecular formula is C17H18N2O4S. The molecule has 0 bridgehead atoms. The van der Waals surface area contributed by atoms with E-state index in [9.17, 15) is 14.7 Å². The Hall–Kier alpha value is -2.54. The summed E-state index contributed by atoms with van der Waals surface area (Å²) in [5, 5.41) is 10.6. The standard InChI is InChI=1S/C17H18N2O4S/c1-19-14(20)9-7-11-10(6-8-12(23-2)15(11)19)4-3-5-13-16(21)18-17(22)24-13/h6-9,21H,3-5H2,1-2H3,(H,18,22). The van der Waals surface area contributed by atoms with Crippen LogP contribution < -0.4 is 15.2 Å². The van der Waals surface area contributed by atoms with E-state index in [1.165, 1.54) is 0 Å². The zero-order chi connectivity index (χ0) is 17.3. The first-order chi connectivity index (χ1) is 11.5. The van der Waals surface area contributed by atoms with Crippen molar-refractivity contribution in [2.45, 2.75) is 19.3 Å². The smallest absolute Gasteiger partial charge is 0.307 e. The zero-order valence-electron chi connectivity index (χ0n) is 13.5. The summed E-state index contributed by atoms with van der Waals surface area (Å²) in [7, 11) is 3.31. The summed E-state index contributed by atoms with van der Waals surface area (Å²) in [4.78, 5) is 25.9. The topological polar surface area (TPSA) is 84.3 Å². The molecule has 0 aliphatic rings. The predicted octanol–water partition coefficient (Wildman–Crippen LogP) is 2.18. The van der Waals surface area contributed by atoms with E-state index in [-0.39, 0.29) is 16.3 Å². The highest BCUT2D eigenvalue weighted by atomic mass is 32.1. The fourth-order valence-electron chi connectivity index (χ4n) is 2.88. The minimum atomic E-state index is -0.243. The van der Waals surface area contributed by atoms with Gasteiger partial charge in [0.15, 0.2) is 0 Å². The van der Waals surface area contributed by atoms with Crippen LogP contribution in [0.4, 0.5) is 0 Å². The molecule has 24 heavy (non-hydrogen) atoms. The number of ether oxygens (including phenoxy) is 1. The molecular weight excluding hydrogens is 328 g/mol. The van der Waals surface area contributed by atoms with Crippen molar-refractivity contribution < 1.29 is 9.84 Å². The number of hydrogen-bond acceptors (Lipinski definition) is 5. The van der Waals surface area contributed by atoms with Gasteiger partial charge in [0.25, 0.3) is 5.56 Å². The first kappa shape index (κ1) is 16.3. The van der Waals surface area contributed by atoms with Crippen LogP contribution in [0.5, 0.6) is 11.6 Å². The largest absolute Gasteiger partial charge is 0.495 e. The fourth-order valence-corrected chi connectivity index (χ4v) is 3.65. The number of thiazole rings is 1. The van der Waals surface area contributed by atoms with Crippen molar-refractivity contribution >= 4 is 22.2 Å². The third-order valence-corrected chi connectivity index (χ3v) is 5.03. The molecule has 0 fully saturated rings. The third-order valence-electron chi connectivity index (χ3n) is 4.10. The summed E-state index contributed by atoms with van der Waals surface area (Å²) >= 11 is 1.04. The highest BCUT2D eigenvalue weighted by molar-refractivity contribution is 7.09. The van der Waals surface area contributed by atoms with Gasteiger partial charge >= 0.3 is 4.87 Å². The van der Waals surface area contributed by atoms with Gasteiger partial charge in [-0.2, -0.15) is 0 Å². The lowest BCUT2D eigenvalue weighted by molar-refractivity contribution is 0.417. The first-order valence-corrected chi connectivity index (χ1v) is 8.39. The second kappa shape index (κ2) is 6.52. The highest BCUT2D eigenvalue weighted by Crippen LogP contribution is 2.28. The quantitative estimate of drug-likeness (QED) is 0.742. The second-order valence-electron chi connectivity index (χ2n) is 5.56. The summed E-state index contributed by atoms with van der Waals surface area (Å²) in [6, 6.07) is 7.23. The Morgan fingerprint density at radius 1 is 1.21 bits per heavy atom. The van der Waals surface area contributed by atoms with Gasteiger partial charge in [-0.05, 0) is 37.0 Å². The number of benzene rings is 1. The van der Waals surface area contributed by atoms with Crippen LogP contribution in [-0.4, -0.2) is 21.8 Å². The van der Waals surface area contributed by atoms with Crippen LogP contribution in [-0.2, 0) is 19.9 Å². The van der Waals surface area contributed by atoms with Crippen molar-refractivity contribution in [3.8, 4) is 11.6 Å². The van der Waals surface area contributed by atoms with Crippen molar-refractivity contribution in [2.75, 3.05) is 7.11 Å². The first-order valence-electron chi connectivity index (χ1n) is 7.58. The zero-order valence-corrected chi connectivity index (χ0v) is 14.3. The minimum Gasteiger partial charge on any atom is -0.495 e. The molecule has 0 unspecified atom stereocenters. The molecule has 2 N–H and O–H groups in total. The Morgan fingerprint density at radius 2 is 2.00 bits per heavy atom. The molecule has 0 spiro atoms. The molecule has 2 aromatic heterocycles. The van der Waals surface area contributed by atoms with Crippen molar-refractivity contribution in [1.82, 2.24) is 9.55 Å². The van der Waals surface area contributed by atoms with E-state index in [1.807, 2.05) is 18.2 Å². The van der Waals surface area contributed by atoms with E-state index in [4.69, 9.17) is 4.74 Å². The Balaban J connectivity index is 1.90. The summed E-state index contributed by atoms with van der Waals surface area (Å²) in [5.41, 5.74) is 1.79. The molecule has 0 aliphatic carbocycles. The van der Waals surface area contributed by atoms with Crippen LogP contribution in [0.25, 0.3) is 10.9 Å². The van der Waals surface area contributed by atoms with Gasteiger partial charge in [-0.25, -0.2) is 0 Å². The van der Waals surface area contributed by atoms with Gasteiger partial charge in [0.2, 0.25) is 5.88 Å². The minimum absolute atomic E-state index is 0.0352. The molecule has 3 rings (SSSR count). The lowest BCUT2D eigenvalue weighted by Crippen LogP contribution is -2.16. The fraction of sp³-hybridized carbons (Fsp3) is 0.294. The Morgan fingerprint density at radius 3 is 2.67 bits per heavy atom. The lowest BCUT2D eigenvalue weighted by atomic mass is 10.0. The lowest BCUT2D eigenvalue weighted by Gasteiger charge is -2.13. The van der Waals surface area contributed by atoms with E-state index in [1.54, 1.807) is 24.8 Å². The van der Waals surface area contributed by atoms with E-state index in [0.29, 0.717) is 17.0 Å². The van der Waals surface area contributed by atoms with E-state index < -0.39 is 0 Å². The van der Waals surface area contributed by atoms with Gasteiger partial charge in [-0.3, -0.25) is 14.6 Å². The van der Waals surface area contributed by atoms with Crippen molar-refractivity contribution in [3.63, 3.8) is 0 Å². The maximum atomic E-state index is 11.9. The molecule has 2 heterocycles. The maximum Gasteiger partial charge on any atom is 0.307 e.